The van der Waals surface area contributed by atoms with Crippen molar-refractivity contribution >= 4 is 0 Å². The van der Waals surface area contributed by atoms with Gasteiger partial charge >= 0.3 is 6.18 Å². The van der Waals surface area contributed by atoms with Crippen molar-refractivity contribution in [2.45, 2.75) is 19.0 Å². The van der Waals surface area contributed by atoms with Gasteiger partial charge in [0.1, 0.15) is 0 Å². The van der Waals surface area contributed by atoms with E-state index in [1.54, 1.807) is 18.2 Å². The van der Waals surface area contributed by atoms with Crippen molar-refractivity contribution in [3.8, 4) is 0 Å². The number of hydrogen-bond acceptors (Lipinski definition) is 1. The van der Waals surface area contributed by atoms with Crippen molar-refractivity contribution in [1.29, 1.82) is 0 Å². The molecule has 0 aromatic carbocycles. The van der Waals surface area contributed by atoms with E-state index in [2.05, 4.69) is 0 Å². The van der Waals surface area contributed by atoms with Crippen LogP contribution in [0.15, 0.2) is 35.5 Å². The Bertz CT molecular complexity index is 322. The van der Waals surface area contributed by atoms with E-state index < -0.39 is 11.7 Å². The van der Waals surface area contributed by atoms with E-state index in [0.717, 1.165) is 18.5 Å². The van der Waals surface area contributed by atoms with Crippen molar-refractivity contribution in [2.24, 2.45) is 0 Å². The molecule has 4 heteroatoms. The molecule has 90 valence electrons. The van der Waals surface area contributed by atoms with Crippen LogP contribution in [-0.4, -0.2) is 31.7 Å². The zero-order valence-electron chi connectivity index (χ0n) is 9.51. The highest BCUT2D eigenvalue weighted by Gasteiger charge is 2.32. The molecule has 1 aliphatic carbocycles. The van der Waals surface area contributed by atoms with E-state index in [4.69, 9.17) is 0 Å². The van der Waals surface area contributed by atoms with Gasteiger partial charge in [-0.3, -0.25) is 0 Å². The van der Waals surface area contributed by atoms with Crippen LogP contribution in [0.2, 0.25) is 0 Å². The molecule has 0 radical (unpaired) electrons. The SMILES string of the molecule is CN(C)CCC1=CC=C(C(F)(F)F)CC=C1. The Balaban J connectivity index is 2.69. The second kappa shape index (κ2) is 5.34. The topological polar surface area (TPSA) is 3.24 Å². The minimum absolute atomic E-state index is 0.0362. The number of hydrogen-bond donors (Lipinski definition) is 0. The molecule has 0 atom stereocenters. The lowest BCUT2D eigenvalue weighted by molar-refractivity contribution is -0.0928. The van der Waals surface area contributed by atoms with E-state index in [0.29, 0.717) is 0 Å². The van der Waals surface area contributed by atoms with Gasteiger partial charge in [0.05, 0.1) is 0 Å². The van der Waals surface area contributed by atoms with Crippen molar-refractivity contribution in [1.82, 2.24) is 4.90 Å². The summed E-state index contributed by atoms with van der Waals surface area (Å²) < 4.78 is 37.3. The van der Waals surface area contributed by atoms with Crippen LogP contribution in [0.3, 0.4) is 0 Å². The van der Waals surface area contributed by atoms with Gasteiger partial charge in [0.2, 0.25) is 0 Å². The summed E-state index contributed by atoms with van der Waals surface area (Å²) in [7, 11) is 3.88. The van der Waals surface area contributed by atoms with Gasteiger partial charge in [-0.2, -0.15) is 13.2 Å². The Hall–Kier alpha value is -1.03. The number of halogens is 3. The largest absolute Gasteiger partial charge is 0.412 e. The van der Waals surface area contributed by atoms with Gasteiger partial charge in [-0.05, 0) is 32.5 Å². The molecule has 0 amide bonds. The number of rotatable bonds is 3. The molecule has 1 aliphatic rings. The third-order valence-electron chi connectivity index (χ3n) is 2.38. The second-order valence-corrected chi connectivity index (χ2v) is 4.09. The molecule has 0 fully saturated rings. The highest BCUT2D eigenvalue weighted by atomic mass is 19.4. The standard InChI is InChI=1S/C12H16F3N/c1-16(2)9-8-10-4-3-5-11(7-6-10)12(13,14)15/h3-4,6-7H,5,8-9H2,1-2H3. The highest BCUT2D eigenvalue weighted by molar-refractivity contribution is 5.32. The summed E-state index contributed by atoms with van der Waals surface area (Å²) in [4.78, 5) is 2.01. The molecule has 0 aromatic heterocycles. The fourth-order valence-corrected chi connectivity index (χ4v) is 1.40. The summed E-state index contributed by atoms with van der Waals surface area (Å²) in [5.74, 6) is 0. The quantitative estimate of drug-likeness (QED) is 0.720. The Labute approximate surface area is 93.9 Å². The molecule has 0 saturated heterocycles. The maximum atomic E-state index is 12.4. The molecule has 16 heavy (non-hydrogen) atoms. The zero-order valence-corrected chi connectivity index (χ0v) is 9.51. The van der Waals surface area contributed by atoms with Crippen LogP contribution in [-0.2, 0) is 0 Å². The molecular formula is C12H16F3N. The first-order valence-corrected chi connectivity index (χ1v) is 5.18. The van der Waals surface area contributed by atoms with Gasteiger partial charge in [-0.1, -0.05) is 24.3 Å². The first-order chi connectivity index (χ1) is 7.39. The first-order valence-electron chi connectivity index (χ1n) is 5.18. The molecule has 1 nitrogen and oxygen atoms in total. The first kappa shape index (κ1) is 13.0. The monoisotopic (exact) mass is 231 g/mol. The molecule has 0 unspecified atom stereocenters. The van der Waals surface area contributed by atoms with E-state index in [1.165, 1.54) is 6.08 Å². The fourth-order valence-electron chi connectivity index (χ4n) is 1.40. The number of allylic oxidation sites excluding steroid dienone is 5. The van der Waals surface area contributed by atoms with E-state index in [1.807, 2.05) is 19.0 Å². The van der Waals surface area contributed by atoms with Gasteiger partial charge in [0.25, 0.3) is 0 Å². The van der Waals surface area contributed by atoms with Crippen molar-refractivity contribution in [3.63, 3.8) is 0 Å². The maximum absolute atomic E-state index is 12.4. The molecule has 0 aliphatic heterocycles. The van der Waals surface area contributed by atoms with Crippen LogP contribution in [0.1, 0.15) is 12.8 Å². The smallest absolute Gasteiger partial charge is 0.309 e. The van der Waals surface area contributed by atoms with E-state index in [-0.39, 0.29) is 6.42 Å². The van der Waals surface area contributed by atoms with Gasteiger partial charge in [-0.15, -0.1) is 0 Å². The second-order valence-electron chi connectivity index (χ2n) is 4.09. The summed E-state index contributed by atoms with van der Waals surface area (Å²) >= 11 is 0. The van der Waals surface area contributed by atoms with Crippen LogP contribution >= 0.6 is 0 Å². The number of nitrogens with zero attached hydrogens (tertiary/aromatic N) is 1. The molecule has 0 heterocycles. The van der Waals surface area contributed by atoms with E-state index in [9.17, 15) is 13.2 Å². The molecule has 0 N–H and O–H groups in total. The Kier molecular flexibility index (Phi) is 4.35. The minimum atomic E-state index is -4.21. The van der Waals surface area contributed by atoms with Gasteiger partial charge in [0.15, 0.2) is 0 Å². The third-order valence-corrected chi connectivity index (χ3v) is 2.38. The zero-order chi connectivity index (χ0) is 12.2. The molecular weight excluding hydrogens is 215 g/mol. The lowest BCUT2D eigenvalue weighted by atomic mass is 10.1. The Morgan fingerprint density at radius 1 is 1.25 bits per heavy atom. The summed E-state index contributed by atoms with van der Waals surface area (Å²) in [6.45, 7) is 0.839. The van der Waals surface area contributed by atoms with Crippen molar-refractivity contribution in [2.75, 3.05) is 20.6 Å². The predicted molar refractivity (Wildman–Crippen MR) is 59.1 cm³/mol. The lowest BCUT2D eigenvalue weighted by Crippen LogP contribution is -2.13. The van der Waals surface area contributed by atoms with Crippen LogP contribution < -0.4 is 0 Å². The van der Waals surface area contributed by atoms with Crippen LogP contribution in [0.25, 0.3) is 0 Å². The molecule has 0 spiro atoms. The van der Waals surface area contributed by atoms with Gasteiger partial charge in [-0.25, -0.2) is 0 Å². The van der Waals surface area contributed by atoms with Crippen LogP contribution in [0, 0.1) is 0 Å². The molecule has 0 aromatic rings. The highest BCUT2D eigenvalue weighted by Crippen LogP contribution is 2.30. The van der Waals surface area contributed by atoms with Crippen LogP contribution in [0.4, 0.5) is 13.2 Å². The van der Waals surface area contributed by atoms with Gasteiger partial charge < -0.3 is 4.90 Å². The summed E-state index contributed by atoms with van der Waals surface area (Å²) in [6.07, 6.45) is 2.63. The summed E-state index contributed by atoms with van der Waals surface area (Å²) in [5, 5.41) is 0. The maximum Gasteiger partial charge on any atom is 0.412 e. The Morgan fingerprint density at radius 3 is 2.50 bits per heavy atom. The van der Waals surface area contributed by atoms with Crippen molar-refractivity contribution < 1.29 is 13.2 Å². The summed E-state index contributed by atoms with van der Waals surface area (Å²) in [5.41, 5.74) is 0.455. The predicted octanol–water partition coefficient (Wildman–Crippen LogP) is 3.31. The minimum Gasteiger partial charge on any atom is -0.309 e. The lowest BCUT2D eigenvalue weighted by Gasteiger charge is -2.08. The average Bonchev–Trinajstić information content (AvgIpc) is 2.38. The van der Waals surface area contributed by atoms with Crippen LogP contribution in [0.5, 0.6) is 0 Å². The molecule has 1 rings (SSSR count). The fraction of sp³-hybridized carbons (Fsp3) is 0.500. The van der Waals surface area contributed by atoms with Crippen molar-refractivity contribution in [3.05, 3.63) is 35.5 Å². The summed E-state index contributed by atoms with van der Waals surface area (Å²) in [6, 6.07) is 0. The molecule has 0 saturated carbocycles. The molecule has 0 bridgehead atoms. The normalized spacial score (nSPS) is 17.1. The third kappa shape index (κ3) is 4.23. The average molecular weight is 231 g/mol. The van der Waals surface area contributed by atoms with E-state index >= 15 is 0 Å². The number of alkyl halides is 3. The van der Waals surface area contributed by atoms with Gasteiger partial charge in [0, 0.05) is 12.1 Å². The Morgan fingerprint density at radius 2 is 1.94 bits per heavy atom.